The summed E-state index contributed by atoms with van der Waals surface area (Å²) in [4.78, 5) is 1.26. The number of hydrogen-bond donors (Lipinski definition) is 1. The Morgan fingerprint density at radius 3 is 2.81 bits per heavy atom. The van der Waals surface area contributed by atoms with Crippen LogP contribution in [0.5, 0.6) is 0 Å². The van der Waals surface area contributed by atoms with Gasteiger partial charge in [-0.25, -0.2) is 0 Å². The lowest BCUT2D eigenvalue weighted by molar-refractivity contribution is 0.199. The predicted octanol–water partition coefficient (Wildman–Crippen LogP) is 4.37. The number of ether oxygens (including phenoxy) is 1. The van der Waals surface area contributed by atoms with E-state index in [4.69, 9.17) is 16.3 Å². The van der Waals surface area contributed by atoms with E-state index in [1.165, 1.54) is 16.0 Å². The topological polar surface area (TPSA) is 21.3 Å². The minimum absolute atomic E-state index is 0.737. The first kappa shape index (κ1) is 16.4. The van der Waals surface area contributed by atoms with Gasteiger partial charge < -0.3 is 10.1 Å². The van der Waals surface area contributed by atoms with Crippen molar-refractivity contribution < 1.29 is 4.74 Å². The van der Waals surface area contributed by atoms with Crippen molar-refractivity contribution in [3.63, 3.8) is 0 Å². The van der Waals surface area contributed by atoms with Gasteiger partial charge in [-0.2, -0.15) is 0 Å². The van der Waals surface area contributed by atoms with Crippen LogP contribution >= 0.6 is 23.4 Å². The summed E-state index contributed by atoms with van der Waals surface area (Å²) in [5, 5.41) is 4.19. The van der Waals surface area contributed by atoms with Gasteiger partial charge in [0.25, 0.3) is 0 Å². The lowest BCUT2D eigenvalue weighted by Gasteiger charge is -2.07. The molecule has 0 atom stereocenters. The summed E-state index contributed by atoms with van der Waals surface area (Å²) < 4.78 is 5.02. The second-order valence-electron chi connectivity index (χ2n) is 4.70. The predicted molar refractivity (Wildman–Crippen MR) is 91.0 cm³/mol. The van der Waals surface area contributed by atoms with Gasteiger partial charge in [-0.3, -0.25) is 0 Å². The maximum absolute atomic E-state index is 6.18. The summed E-state index contributed by atoms with van der Waals surface area (Å²) in [5.41, 5.74) is 2.46. The Kier molecular flexibility index (Phi) is 7.10. The molecule has 1 N–H and O–H groups in total. The third-order valence-electron chi connectivity index (χ3n) is 3.06. The summed E-state index contributed by atoms with van der Waals surface area (Å²) in [6.45, 7) is 2.47. The van der Waals surface area contributed by atoms with Gasteiger partial charge in [0, 0.05) is 35.9 Å². The van der Waals surface area contributed by atoms with Crippen LogP contribution in [0.15, 0.2) is 53.4 Å². The molecular weight excluding hydrogens is 302 g/mol. The molecule has 0 saturated heterocycles. The smallest absolute Gasteiger partial charge is 0.0587 e. The molecule has 4 heteroatoms. The van der Waals surface area contributed by atoms with E-state index in [2.05, 4.69) is 35.6 Å². The average Bonchev–Trinajstić information content (AvgIpc) is 2.51. The van der Waals surface area contributed by atoms with Crippen molar-refractivity contribution in [2.75, 3.05) is 20.3 Å². The Morgan fingerprint density at radius 1 is 1.14 bits per heavy atom. The fourth-order valence-corrected chi connectivity index (χ4v) is 3.19. The molecule has 0 aliphatic carbocycles. The minimum Gasteiger partial charge on any atom is -0.383 e. The molecule has 2 rings (SSSR count). The molecule has 0 heterocycles. The zero-order chi connectivity index (χ0) is 14.9. The van der Waals surface area contributed by atoms with Gasteiger partial charge in [0.15, 0.2) is 0 Å². The maximum atomic E-state index is 6.18. The molecule has 0 amide bonds. The minimum atomic E-state index is 0.737. The van der Waals surface area contributed by atoms with E-state index in [0.717, 1.165) is 30.5 Å². The summed E-state index contributed by atoms with van der Waals surface area (Å²) in [6, 6.07) is 16.6. The molecule has 0 aliphatic heterocycles. The molecule has 2 aromatic rings. The molecular formula is C17H20ClNOS. The van der Waals surface area contributed by atoms with Crippen LogP contribution in [0.25, 0.3) is 0 Å². The molecule has 0 unspecified atom stereocenters. The fraction of sp³-hybridized carbons (Fsp3) is 0.294. The van der Waals surface area contributed by atoms with E-state index in [1.54, 1.807) is 7.11 Å². The number of benzene rings is 2. The van der Waals surface area contributed by atoms with Crippen molar-refractivity contribution in [3.8, 4) is 0 Å². The van der Waals surface area contributed by atoms with Crippen molar-refractivity contribution in [1.82, 2.24) is 5.32 Å². The van der Waals surface area contributed by atoms with Gasteiger partial charge in [-0.05, 0) is 29.3 Å². The molecule has 2 aromatic carbocycles. The Balaban J connectivity index is 1.87. The van der Waals surface area contributed by atoms with E-state index >= 15 is 0 Å². The quantitative estimate of drug-likeness (QED) is 0.576. The van der Waals surface area contributed by atoms with E-state index in [-0.39, 0.29) is 0 Å². The van der Waals surface area contributed by atoms with Crippen LogP contribution in [0, 0.1) is 0 Å². The van der Waals surface area contributed by atoms with Crippen LogP contribution in [0.3, 0.4) is 0 Å². The van der Waals surface area contributed by atoms with Gasteiger partial charge in [-0.15, -0.1) is 11.8 Å². The number of nitrogens with one attached hydrogen (secondary N) is 1. The van der Waals surface area contributed by atoms with Crippen molar-refractivity contribution in [1.29, 1.82) is 0 Å². The van der Waals surface area contributed by atoms with E-state index in [9.17, 15) is 0 Å². The van der Waals surface area contributed by atoms with Crippen molar-refractivity contribution in [2.24, 2.45) is 0 Å². The van der Waals surface area contributed by atoms with Crippen LogP contribution < -0.4 is 5.32 Å². The van der Waals surface area contributed by atoms with Crippen LogP contribution in [0.2, 0.25) is 5.02 Å². The van der Waals surface area contributed by atoms with Crippen molar-refractivity contribution >= 4 is 23.4 Å². The SMILES string of the molecule is COCCNCc1cccc(SCc2ccccc2Cl)c1. The highest BCUT2D eigenvalue weighted by Gasteiger charge is 2.01. The molecule has 112 valence electrons. The Morgan fingerprint density at radius 2 is 2.00 bits per heavy atom. The van der Waals surface area contributed by atoms with E-state index < -0.39 is 0 Å². The van der Waals surface area contributed by atoms with Crippen LogP contribution in [0.1, 0.15) is 11.1 Å². The molecule has 0 saturated carbocycles. The number of thioether (sulfide) groups is 1. The fourth-order valence-electron chi connectivity index (χ4n) is 1.93. The summed E-state index contributed by atoms with van der Waals surface area (Å²) >= 11 is 7.99. The van der Waals surface area contributed by atoms with Crippen molar-refractivity contribution in [3.05, 3.63) is 64.7 Å². The van der Waals surface area contributed by atoms with E-state index in [1.807, 2.05) is 30.0 Å². The first-order valence-electron chi connectivity index (χ1n) is 6.94. The van der Waals surface area contributed by atoms with Crippen LogP contribution in [-0.4, -0.2) is 20.3 Å². The van der Waals surface area contributed by atoms with Gasteiger partial charge in [0.1, 0.15) is 0 Å². The third kappa shape index (κ3) is 5.71. The van der Waals surface area contributed by atoms with Crippen LogP contribution in [-0.2, 0) is 17.0 Å². The summed E-state index contributed by atoms with van der Waals surface area (Å²) in [7, 11) is 1.72. The molecule has 0 bridgehead atoms. The lowest BCUT2D eigenvalue weighted by atomic mass is 10.2. The highest BCUT2D eigenvalue weighted by atomic mass is 35.5. The number of methoxy groups -OCH3 is 1. The largest absolute Gasteiger partial charge is 0.383 e. The monoisotopic (exact) mass is 321 g/mol. The lowest BCUT2D eigenvalue weighted by Crippen LogP contribution is -2.18. The first-order chi connectivity index (χ1) is 10.3. The zero-order valence-corrected chi connectivity index (χ0v) is 13.7. The Labute approximate surface area is 135 Å². The standard InChI is InChI=1S/C17H20ClNOS/c1-20-10-9-19-12-14-5-4-7-16(11-14)21-13-15-6-2-3-8-17(15)18/h2-8,11,19H,9-10,12-13H2,1H3. The summed E-state index contributed by atoms with van der Waals surface area (Å²) in [5.74, 6) is 0.889. The maximum Gasteiger partial charge on any atom is 0.0587 e. The molecule has 0 spiro atoms. The molecule has 0 fully saturated rings. The van der Waals surface area contributed by atoms with Gasteiger partial charge >= 0.3 is 0 Å². The zero-order valence-electron chi connectivity index (χ0n) is 12.1. The third-order valence-corrected chi connectivity index (χ3v) is 4.47. The first-order valence-corrected chi connectivity index (χ1v) is 8.31. The molecule has 2 nitrogen and oxygen atoms in total. The molecule has 0 radical (unpaired) electrons. The second-order valence-corrected chi connectivity index (χ2v) is 6.15. The molecule has 21 heavy (non-hydrogen) atoms. The number of hydrogen-bond acceptors (Lipinski definition) is 3. The Hall–Kier alpha value is -1.00. The van der Waals surface area contributed by atoms with Crippen molar-refractivity contribution in [2.45, 2.75) is 17.2 Å². The van der Waals surface area contributed by atoms with Gasteiger partial charge in [-0.1, -0.05) is 41.9 Å². The molecule has 0 aliphatic rings. The average molecular weight is 322 g/mol. The normalized spacial score (nSPS) is 10.8. The Bertz CT molecular complexity index is 562. The number of rotatable bonds is 8. The molecule has 0 aromatic heterocycles. The van der Waals surface area contributed by atoms with Crippen LogP contribution in [0.4, 0.5) is 0 Å². The summed E-state index contributed by atoms with van der Waals surface area (Å²) in [6.07, 6.45) is 0. The van der Waals surface area contributed by atoms with Gasteiger partial charge in [0.05, 0.1) is 6.61 Å². The van der Waals surface area contributed by atoms with Gasteiger partial charge in [0.2, 0.25) is 0 Å². The second kappa shape index (κ2) is 9.11. The van der Waals surface area contributed by atoms with E-state index in [0.29, 0.717) is 0 Å². The number of halogens is 1. The highest BCUT2D eigenvalue weighted by molar-refractivity contribution is 7.98. The highest BCUT2D eigenvalue weighted by Crippen LogP contribution is 2.27.